The number of nitrogens with one attached hydrogen (secondary N) is 2. The zero-order valence-corrected chi connectivity index (χ0v) is 17.0. The highest BCUT2D eigenvalue weighted by atomic mass is 35.5. The summed E-state index contributed by atoms with van der Waals surface area (Å²) in [7, 11) is -3.19. The van der Waals surface area contributed by atoms with Crippen LogP contribution in [0.5, 0.6) is 5.75 Å². The maximum atomic E-state index is 12.0. The summed E-state index contributed by atoms with van der Waals surface area (Å²) in [6.07, 6.45) is 4.08. The Kier molecular flexibility index (Phi) is 9.39. The van der Waals surface area contributed by atoms with Crippen molar-refractivity contribution in [2.45, 2.75) is 31.1 Å². The molecule has 1 aromatic carbocycles. The van der Waals surface area contributed by atoms with Crippen LogP contribution in [0.3, 0.4) is 0 Å². The second-order valence-corrected chi connectivity index (χ2v) is 8.75. The molecule has 148 valence electrons. The standard InChI is InChI=1S/C18H28N2O4S.ClH/c1-14(15-4-3-9-19-13-15)12-18(21)20-10-11-24-16-5-7-17(8-6-16)25(2,22)23;/h5-8,14-15,19H,3-4,9-13H2,1-2H3,(H,20,21);1H. The van der Waals surface area contributed by atoms with Gasteiger partial charge in [0.2, 0.25) is 5.91 Å². The summed E-state index contributed by atoms with van der Waals surface area (Å²) in [6.45, 7) is 5.00. The fourth-order valence-corrected chi connectivity index (χ4v) is 3.67. The van der Waals surface area contributed by atoms with Crippen LogP contribution in [0.4, 0.5) is 0 Å². The highest BCUT2D eigenvalue weighted by Crippen LogP contribution is 2.22. The molecule has 1 fully saturated rings. The number of sulfone groups is 1. The zero-order valence-electron chi connectivity index (χ0n) is 15.4. The lowest BCUT2D eigenvalue weighted by atomic mass is 9.85. The predicted octanol–water partition coefficient (Wildman–Crippen LogP) is 2.03. The largest absolute Gasteiger partial charge is 0.492 e. The lowest BCUT2D eigenvalue weighted by Crippen LogP contribution is -2.36. The lowest BCUT2D eigenvalue weighted by molar-refractivity contribution is -0.122. The normalized spacial score (nSPS) is 18.5. The second-order valence-electron chi connectivity index (χ2n) is 6.73. The Hall–Kier alpha value is -1.31. The minimum Gasteiger partial charge on any atom is -0.492 e. The fourth-order valence-electron chi connectivity index (χ4n) is 3.04. The molecule has 1 amide bonds. The first-order chi connectivity index (χ1) is 11.9. The number of carbonyl (C=O) groups excluding carboxylic acids is 1. The summed E-state index contributed by atoms with van der Waals surface area (Å²) in [4.78, 5) is 12.3. The third-order valence-electron chi connectivity index (χ3n) is 4.59. The Morgan fingerprint density at radius 2 is 2.04 bits per heavy atom. The van der Waals surface area contributed by atoms with E-state index in [-0.39, 0.29) is 23.2 Å². The monoisotopic (exact) mass is 404 g/mol. The number of hydrogen-bond donors (Lipinski definition) is 2. The van der Waals surface area contributed by atoms with E-state index < -0.39 is 9.84 Å². The molecule has 0 spiro atoms. The first-order valence-electron chi connectivity index (χ1n) is 8.76. The Morgan fingerprint density at radius 1 is 1.35 bits per heavy atom. The quantitative estimate of drug-likeness (QED) is 0.647. The molecule has 2 unspecified atom stereocenters. The van der Waals surface area contributed by atoms with Gasteiger partial charge in [-0.25, -0.2) is 8.42 Å². The summed E-state index contributed by atoms with van der Waals surface area (Å²) in [5.41, 5.74) is 0. The van der Waals surface area contributed by atoms with Gasteiger partial charge in [0.15, 0.2) is 9.84 Å². The topological polar surface area (TPSA) is 84.5 Å². The maximum absolute atomic E-state index is 12.0. The van der Waals surface area contributed by atoms with Gasteiger partial charge < -0.3 is 15.4 Å². The van der Waals surface area contributed by atoms with Crippen LogP contribution < -0.4 is 15.4 Å². The van der Waals surface area contributed by atoms with E-state index in [0.29, 0.717) is 37.2 Å². The Balaban J connectivity index is 0.00000338. The van der Waals surface area contributed by atoms with Crippen molar-refractivity contribution in [3.05, 3.63) is 24.3 Å². The molecule has 1 aliphatic rings. The second kappa shape index (κ2) is 10.7. The van der Waals surface area contributed by atoms with Crippen LogP contribution in [-0.4, -0.2) is 46.8 Å². The van der Waals surface area contributed by atoms with Gasteiger partial charge in [0.1, 0.15) is 12.4 Å². The van der Waals surface area contributed by atoms with E-state index in [1.54, 1.807) is 12.1 Å². The van der Waals surface area contributed by atoms with E-state index in [1.807, 2.05) is 0 Å². The van der Waals surface area contributed by atoms with Crippen LogP contribution in [0.15, 0.2) is 29.2 Å². The van der Waals surface area contributed by atoms with Crippen molar-refractivity contribution in [2.75, 3.05) is 32.5 Å². The summed E-state index contributed by atoms with van der Waals surface area (Å²) in [5, 5.41) is 6.26. The van der Waals surface area contributed by atoms with Gasteiger partial charge in [-0.1, -0.05) is 6.92 Å². The molecule has 8 heteroatoms. The average Bonchev–Trinajstić information content (AvgIpc) is 2.59. The first-order valence-corrected chi connectivity index (χ1v) is 10.7. The highest BCUT2D eigenvalue weighted by molar-refractivity contribution is 7.90. The molecule has 6 nitrogen and oxygen atoms in total. The Bertz CT molecular complexity index is 658. The van der Waals surface area contributed by atoms with Gasteiger partial charge >= 0.3 is 0 Å². The minimum atomic E-state index is -3.19. The van der Waals surface area contributed by atoms with Gasteiger partial charge in [0.25, 0.3) is 0 Å². The van der Waals surface area contributed by atoms with Crippen LogP contribution in [-0.2, 0) is 14.6 Å². The molecule has 1 heterocycles. The van der Waals surface area contributed by atoms with Crippen LogP contribution in [0.25, 0.3) is 0 Å². The van der Waals surface area contributed by atoms with E-state index in [1.165, 1.54) is 31.2 Å². The third kappa shape index (κ3) is 7.51. The van der Waals surface area contributed by atoms with Crippen molar-refractivity contribution < 1.29 is 17.9 Å². The highest BCUT2D eigenvalue weighted by Gasteiger charge is 2.21. The molecule has 2 rings (SSSR count). The first kappa shape index (κ1) is 22.7. The van der Waals surface area contributed by atoms with Gasteiger partial charge in [-0.15, -0.1) is 12.4 Å². The van der Waals surface area contributed by atoms with Gasteiger partial charge in [-0.2, -0.15) is 0 Å². The smallest absolute Gasteiger partial charge is 0.220 e. The van der Waals surface area contributed by atoms with Crippen molar-refractivity contribution >= 4 is 28.2 Å². The number of carbonyl (C=O) groups is 1. The number of halogens is 1. The molecule has 0 bridgehead atoms. The fraction of sp³-hybridized carbons (Fsp3) is 0.611. The zero-order chi connectivity index (χ0) is 18.3. The van der Waals surface area contributed by atoms with E-state index >= 15 is 0 Å². The molecular formula is C18H29ClN2O4S. The number of benzene rings is 1. The van der Waals surface area contributed by atoms with Gasteiger partial charge in [0.05, 0.1) is 11.4 Å². The SMILES string of the molecule is CC(CC(=O)NCCOc1ccc(S(C)(=O)=O)cc1)C1CCCNC1.Cl. The molecule has 0 saturated carbocycles. The van der Waals surface area contributed by atoms with Crippen molar-refractivity contribution in [1.29, 1.82) is 0 Å². The molecule has 2 atom stereocenters. The van der Waals surface area contributed by atoms with Crippen LogP contribution in [0.1, 0.15) is 26.2 Å². The molecule has 1 saturated heterocycles. The van der Waals surface area contributed by atoms with E-state index in [9.17, 15) is 13.2 Å². The Labute approximate surface area is 162 Å². The number of amides is 1. The number of ether oxygens (including phenoxy) is 1. The molecule has 1 aromatic rings. The average molecular weight is 405 g/mol. The van der Waals surface area contributed by atoms with Gasteiger partial charge in [0, 0.05) is 12.7 Å². The van der Waals surface area contributed by atoms with Crippen LogP contribution in [0, 0.1) is 11.8 Å². The molecule has 0 aliphatic carbocycles. The lowest BCUT2D eigenvalue weighted by Gasteiger charge is -2.28. The third-order valence-corrected chi connectivity index (χ3v) is 5.72. The van der Waals surface area contributed by atoms with Gasteiger partial charge in [-0.3, -0.25) is 4.79 Å². The molecule has 0 radical (unpaired) electrons. The number of rotatable bonds is 8. The molecule has 26 heavy (non-hydrogen) atoms. The Morgan fingerprint density at radius 3 is 2.62 bits per heavy atom. The maximum Gasteiger partial charge on any atom is 0.220 e. The molecule has 0 aromatic heterocycles. The molecule has 1 aliphatic heterocycles. The minimum absolute atomic E-state index is 0. The number of piperidine rings is 1. The number of hydrogen-bond acceptors (Lipinski definition) is 5. The van der Waals surface area contributed by atoms with E-state index in [4.69, 9.17) is 4.74 Å². The summed E-state index contributed by atoms with van der Waals surface area (Å²) in [5.74, 6) is 1.58. The summed E-state index contributed by atoms with van der Waals surface area (Å²) < 4.78 is 28.3. The van der Waals surface area contributed by atoms with E-state index in [2.05, 4.69) is 17.6 Å². The van der Waals surface area contributed by atoms with Crippen molar-refractivity contribution in [1.82, 2.24) is 10.6 Å². The summed E-state index contributed by atoms with van der Waals surface area (Å²) >= 11 is 0. The van der Waals surface area contributed by atoms with E-state index in [0.717, 1.165) is 13.1 Å². The van der Waals surface area contributed by atoms with Gasteiger partial charge in [-0.05, 0) is 62.0 Å². The molecular weight excluding hydrogens is 376 g/mol. The van der Waals surface area contributed by atoms with Crippen LogP contribution >= 0.6 is 12.4 Å². The predicted molar refractivity (Wildman–Crippen MR) is 105 cm³/mol. The summed E-state index contributed by atoms with van der Waals surface area (Å²) in [6, 6.07) is 6.28. The van der Waals surface area contributed by atoms with Crippen molar-refractivity contribution in [2.24, 2.45) is 11.8 Å². The van der Waals surface area contributed by atoms with Crippen molar-refractivity contribution in [3.63, 3.8) is 0 Å². The molecule has 2 N–H and O–H groups in total. The van der Waals surface area contributed by atoms with Crippen molar-refractivity contribution in [3.8, 4) is 5.75 Å². The van der Waals surface area contributed by atoms with Crippen LogP contribution in [0.2, 0.25) is 0 Å².